The van der Waals surface area contributed by atoms with E-state index in [0.29, 0.717) is 42.0 Å². The molecular formula is C29H22Cl2N2O4S. The van der Waals surface area contributed by atoms with Gasteiger partial charge in [-0.1, -0.05) is 89.1 Å². The molecule has 0 amide bonds. The lowest BCUT2D eigenvalue weighted by atomic mass is 9.93. The van der Waals surface area contributed by atoms with Crippen LogP contribution in [-0.4, -0.2) is 24.3 Å². The van der Waals surface area contributed by atoms with Crippen LogP contribution in [0.2, 0.25) is 10.0 Å². The molecule has 0 fully saturated rings. The zero-order valence-electron chi connectivity index (χ0n) is 20.5. The van der Waals surface area contributed by atoms with Crippen LogP contribution in [0.3, 0.4) is 0 Å². The molecule has 0 N–H and O–H groups in total. The van der Waals surface area contributed by atoms with Crippen LogP contribution in [0.1, 0.15) is 29.7 Å². The van der Waals surface area contributed by atoms with Crippen molar-refractivity contribution >= 4 is 52.3 Å². The van der Waals surface area contributed by atoms with E-state index in [2.05, 4.69) is 0 Å². The Morgan fingerprint density at radius 3 is 2.47 bits per heavy atom. The van der Waals surface area contributed by atoms with E-state index in [-0.39, 0.29) is 17.7 Å². The van der Waals surface area contributed by atoms with Gasteiger partial charge in [-0.3, -0.25) is 9.36 Å². The number of rotatable bonds is 6. The summed E-state index contributed by atoms with van der Waals surface area (Å²) in [5.74, 6) is 0.116. The van der Waals surface area contributed by atoms with Crippen molar-refractivity contribution in [2.75, 3.05) is 13.7 Å². The Morgan fingerprint density at radius 1 is 1.05 bits per heavy atom. The molecule has 0 saturated heterocycles. The summed E-state index contributed by atoms with van der Waals surface area (Å²) in [5, 5.41) is 0.740. The topological polar surface area (TPSA) is 69.9 Å². The monoisotopic (exact) mass is 564 g/mol. The summed E-state index contributed by atoms with van der Waals surface area (Å²) in [6.45, 7) is 1.92. The van der Waals surface area contributed by atoms with Gasteiger partial charge in [-0.15, -0.1) is 0 Å². The summed E-state index contributed by atoms with van der Waals surface area (Å²) in [5.41, 5.74) is 2.49. The Hall–Kier alpha value is -3.65. The molecule has 1 atom stereocenters. The lowest BCUT2D eigenvalue weighted by Gasteiger charge is -2.26. The highest BCUT2D eigenvalue weighted by atomic mass is 35.5. The third-order valence-corrected chi connectivity index (χ3v) is 7.89. The van der Waals surface area contributed by atoms with E-state index < -0.39 is 12.0 Å². The highest BCUT2D eigenvalue weighted by molar-refractivity contribution is 7.07. The minimum Gasteiger partial charge on any atom is -0.497 e. The van der Waals surface area contributed by atoms with E-state index in [0.717, 1.165) is 5.56 Å². The maximum Gasteiger partial charge on any atom is 0.338 e. The van der Waals surface area contributed by atoms with Gasteiger partial charge in [0.15, 0.2) is 4.80 Å². The van der Waals surface area contributed by atoms with Crippen molar-refractivity contribution in [2.24, 2.45) is 4.99 Å². The molecule has 0 bridgehead atoms. The smallest absolute Gasteiger partial charge is 0.338 e. The number of esters is 1. The molecule has 0 radical (unpaired) electrons. The largest absolute Gasteiger partial charge is 0.497 e. The second kappa shape index (κ2) is 11.0. The van der Waals surface area contributed by atoms with Gasteiger partial charge in [0.2, 0.25) is 0 Å². The second-order valence-corrected chi connectivity index (χ2v) is 10.1. The van der Waals surface area contributed by atoms with Crippen LogP contribution in [-0.2, 0) is 9.53 Å². The molecule has 0 saturated carbocycles. The Balaban J connectivity index is 1.83. The van der Waals surface area contributed by atoms with Crippen molar-refractivity contribution < 1.29 is 14.3 Å². The van der Waals surface area contributed by atoms with Crippen LogP contribution < -0.4 is 19.6 Å². The lowest BCUT2D eigenvalue weighted by molar-refractivity contribution is -0.138. The Kier molecular flexibility index (Phi) is 7.51. The minimum atomic E-state index is -0.775. The van der Waals surface area contributed by atoms with Crippen molar-refractivity contribution in [2.45, 2.75) is 13.0 Å². The summed E-state index contributed by atoms with van der Waals surface area (Å²) in [6, 6.07) is 21.1. The number of nitrogens with zero attached hydrogens (tertiary/aromatic N) is 2. The number of aromatic nitrogens is 1. The molecule has 5 rings (SSSR count). The van der Waals surface area contributed by atoms with E-state index in [1.807, 2.05) is 42.5 Å². The van der Waals surface area contributed by atoms with E-state index >= 15 is 0 Å². The van der Waals surface area contributed by atoms with E-state index in [1.165, 1.54) is 15.9 Å². The zero-order chi connectivity index (χ0) is 26.8. The van der Waals surface area contributed by atoms with Crippen molar-refractivity contribution in [3.8, 4) is 5.75 Å². The quantitative estimate of drug-likeness (QED) is 0.300. The number of hydrogen-bond acceptors (Lipinski definition) is 6. The molecule has 6 nitrogen and oxygen atoms in total. The first kappa shape index (κ1) is 26.0. The first-order chi connectivity index (χ1) is 18.4. The van der Waals surface area contributed by atoms with Gasteiger partial charge < -0.3 is 9.47 Å². The van der Waals surface area contributed by atoms with E-state index in [9.17, 15) is 9.59 Å². The summed E-state index contributed by atoms with van der Waals surface area (Å²) in [4.78, 5) is 32.7. The highest BCUT2D eigenvalue weighted by Gasteiger charge is 2.35. The number of carbonyl (C=O) groups is 1. The average Bonchev–Trinajstić information content (AvgIpc) is 3.25. The van der Waals surface area contributed by atoms with Gasteiger partial charge in [0.05, 0.1) is 45.6 Å². The third kappa shape index (κ3) is 4.80. The molecule has 1 aliphatic heterocycles. The van der Waals surface area contributed by atoms with Crippen LogP contribution in [0.15, 0.2) is 88.2 Å². The molecule has 0 aliphatic carbocycles. The predicted molar refractivity (Wildman–Crippen MR) is 151 cm³/mol. The number of halogens is 2. The summed E-state index contributed by atoms with van der Waals surface area (Å²) in [6.07, 6.45) is 1.69. The normalized spacial score (nSPS) is 15.2. The molecule has 2 heterocycles. The van der Waals surface area contributed by atoms with Crippen LogP contribution in [0.5, 0.6) is 5.75 Å². The van der Waals surface area contributed by atoms with Crippen LogP contribution in [0, 0.1) is 0 Å². The van der Waals surface area contributed by atoms with Gasteiger partial charge in [-0.05, 0) is 42.3 Å². The van der Waals surface area contributed by atoms with Crippen molar-refractivity contribution in [1.29, 1.82) is 0 Å². The fraction of sp³-hybridized carbons (Fsp3) is 0.138. The van der Waals surface area contributed by atoms with Gasteiger partial charge >= 0.3 is 5.97 Å². The minimum absolute atomic E-state index is 0.178. The lowest BCUT2D eigenvalue weighted by Crippen LogP contribution is -2.40. The predicted octanol–water partition coefficient (Wildman–Crippen LogP) is 5.25. The van der Waals surface area contributed by atoms with Gasteiger partial charge in [0.25, 0.3) is 5.56 Å². The maximum absolute atomic E-state index is 13.9. The second-order valence-electron chi connectivity index (χ2n) is 8.35. The number of methoxy groups -OCH3 is 1. The third-order valence-electron chi connectivity index (χ3n) is 6.07. The first-order valence-corrected chi connectivity index (χ1v) is 13.4. The fourth-order valence-electron chi connectivity index (χ4n) is 4.32. The summed E-state index contributed by atoms with van der Waals surface area (Å²) < 4.78 is 12.8. The van der Waals surface area contributed by atoms with Crippen LogP contribution in [0.4, 0.5) is 0 Å². The van der Waals surface area contributed by atoms with E-state index in [1.54, 1.807) is 50.4 Å². The average molecular weight is 565 g/mol. The fourth-order valence-corrected chi connectivity index (χ4v) is 5.67. The molecular weight excluding hydrogens is 543 g/mol. The number of hydrogen-bond donors (Lipinski definition) is 0. The van der Waals surface area contributed by atoms with Crippen molar-refractivity contribution in [1.82, 2.24) is 4.57 Å². The molecule has 0 unspecified atom stereocenters. The highest BCUT2D eigenvalue weighted by Crippen LogP contribution is 2.35. The van der Waals surface area contributed by atoms with Gasteiger partial charge in [-0.25, -0.2) is 9.79 Å². The molecule has 9 heteroatoms. The van der Waals surface area contributed by atoms with Gasteiger partial charge in [0, 0.05) is 5.56 Å². The molecule has 1 aliphatic rings. The molecule has 192 valence electrons. The Morgan fingerprint density at radius 2 is 1.79 bits per heavy atom. The summed E-state index contributed by atoms with van der Waals surface area (Å²) in [7, 11) is 1.58. The molecule has 4 aromatic rings. The molecule has 0 spiro atoms. The van der Waals surface area contributed by atoms with Gasteiger partial charge in [0.1, 0.15) is 5.75 Å². The van der Waals surface area contributed by atoms with Crippen LogP contribution in [0.25, 0.3) is 11.8 Å². The number of ether oxygens (including phenoxy) is 2. The number of fused-ring (bicyclic) bond motifs is 1. The van der Waals surface area contributed by atoms with Crippen molar-refractivity contribution in [3.05, 3.63) is 125 Å². The molecule has 1 aromatic heterocycles. The summed E-state index contributed by atoms with van der Waals surface area (Å²) >= 11 is 13.8. The molecule has 38 heavy (non-hydrogen) atoms. The van der Waals surface area contributed by atoms with Crippen molar-refractivity contribution in [3.63, 3.8) is 0 Å². The van der Waals surface area contributed by atoms with Crippen LogP contribution >= 0.6 is 34.5 Å². The standard InChI is InChI=1S/C29H22Cl2N2O4S/c1-3-37-28(35)23-25(17-8-5-4-6-9-17)32-29-33(26(23)18-12-14-20(36-2)15-13-18)27(34)22(38-29)16-19-10-7-11-21(30)24(19)31/h4-16,26H,3H2,1-2H3/b22-16-/t26-/m0/s1. The molecule has 3 aromatic carbocycles. The maximum atomic E-state index is 13.9. The first-order valence-electron chi connectivity index (χ1n) is 11.8. The SMILES string of the molecule is CCOC(=O)C1=C(c2ccccc2)N=c2s/c(=C\c3cccc(Cl)c3Cl)c(=O)n2[C@H]1c1ccc(OC)cc1. The number of thiazole rings is 1. The zero-order valence-corrected chi connectivity index (χ0v) is 22.8. The number of carbonyl (C=O) groups excluding carboxylic acids is 1. The van der Waals surface area contributed by atoms with E-state index in [4.69, 9.17) is 37.7 Å². The Labute approximate surface area is 232 Å². The number of benzene rings is 3. The van der Waals surface area contributed by atoms with Gasteiger partial charge in [-0.2, -0.15) is 0 Å². The Bertz CT molecular complexity index is 1730.